The van der Waals surface area contributed by atoms with Crippen LogP contribution in [0.1, 0.15) is 32.4 Å². The Morgan fingerprint density at radius 1 is 1.41 bits per heavy atom. The summed E-state index contributed by atoms with van der Waals surface area (Å²) in [5, 5.41) is 3.17. The van der Waals surface area contributed by atoms with E-state index in [2.05, 4.69) is 29.1 Å². The number of hydrogen-bond acceptors (Lipinski definition) is 3. The summed E-state index contributed by atoms with van der Waals surface area (Å²) in [6.07, 6.45) is 4.10. The molecule has 2 unspecified atom stereocenters. The fourth-order valence-corrected chi connectivity index (χ4v) is 3.12. The number of nitrogens with two attached hydrogens (primary N) is 1. The van der Waals surface area contributed by atoms with E-state index in [9.17, 15) is 0 Å². The zero-order chi connectivity index (χ0) is 15.1. The molecule has 2 heterocycles. The van der Waals surface area contributed by atoms with Crippen molar-refractivity contribution in [3.8, 4) is 0 Å². The van der Waals surface area contributed by atoms with Crippen LogP contribution < -0.4 is 11.1 Å². The molecular weight excluding hydrogens is 391 g/mol. The second-order valence-corrected chi connectivity index (χ2v) is 6.27. The van der Waals surface area contributed by atoms with Crippen molar-refractivity contribution >= 4 is 29.9 Å². The van der Waals surface area contributed by atoms with Crippen LogP contribution in [0.2, 0.25) is 0 Å². The van der Waals surface area contributed by atoms with Crippen molar-refractivity contribution in [2.45, 2.75) is 33.2 Å². The van der Waals surface area contributed by atoms with Gasteiger partial charge >= 0.3 is 0 Å². The topological polar surface area (TPSA) is 66.8 Å². The minimum Gasteiger partial charge on any atom is -0.467 e. The number of nitrogens with one attached hydrogen (secondary N) is 1. The predicted octanol–water partition coefficient (Wildman–Crippen LogP) is 2.67. The van der Waals surface area contributed by atoms with Gasteiger partial charge in [-0.2, -0.15) is 0 Å². The fraction of sp³-hybridized carbons (Fsp3) is 0.688. The highest BCUT2D eigenvalue weighted by Crippen LogP contribution is 2.20. The molecule has 2 rings (SSSR count). The average molecular weight is 420 g/mol. The Kier molecular flexibility index (Phi) is 8.85. The standard InChI is InChI=1S/C16H28N4O.HI/c1-13-9-14(2)12-20(11-13)7-4-6-18-16(17)19-10-15-5-3-8-21-15;/h3,5,8,13-14H,4,6-7,9-12H2,1-2H3,(H3,17,18,19);1H. The van der Waals surface area contributed by atoms with Crippen LogP contribution in [-0.2, 0) is 6.54 Å². The molecule has 2 atom stereocenters. The number of halogens is 1. The van der Waals surface area contributed by atoms with E-state index in [0.29, 0.717) is 12.5 Å². The molecule has 0 bridgehead atoms. The first-order chi connectivity index (χ1) is 10.1. The van der Waals surface area contributed by atoms with Crippen molar-refractivity contribution in [2.75, 3.05) is 26.2 Å². The molecule has 1 fully saturated rings. The van der Waals surface area contributed by atoms with Gasteiger partial charge in [-0.3, -0.25) is 0 Å². The minimum atomic E-state index is 0. The third-order valence-corrected chi connectivity index (χ3v) is 3.89. The molecular formula is C16H29IN4O. The van der Waals surface area contributed by atoms with E-state index in [1.807, 2.05) is 12.1 Å². The Morgan fingerprint density at radius 3 is 2.77 bits per heavy atom. The molecule has 22 heavy (non-hydrogen) atoms. The van der Waals surface area contributed by atoms with Crippen LogP contribution in [-0.4, -0.2) is 37.0 Å². The Morgan fingerprint density at radius 2 is 2.14 bits per heavy atom. The summed E-state index contributed by atoms with van der Waals surface area (Å²) < 4.78 is 5.21. The Bertz CT molecular complexity index is 425. The Balaban J connectivity index is 0.00000242. The smallest absolute Gasteiger partial charge is 0.189 e. The number of likely N-dealkylation sites (tertiary alicyclic amines) is 1. The lowest BCUT2D eigenvalue weighted by Crippen LogP contribution is -2.40. The first kappa shape index (κ1) is 19.3. The zero-order valence-corrected chi connectivity index (χ0v) is 16.0. The van der Waals surface area contributed by atoms with E-state index >= 15 is 0 Å². The first-order valence-electron chi connectivity index (χ1n) is 7.92. The van der Waals surface area contributed by atoms with Gasteiger partial charge in [0.1, 0.15) is 12.3 Å². The van der Waals surface area contributed by atoms with Crippen LogP contribution >= 0.6 is 24.0 Å². The lowest BCUT2D eigenvalue weighted by atomic mass is 9.92. The largest absolute Gasteiger partial charge is 0.467 e. The normalized spacial score (nSPS) is 23.1. The number of guanidine groups is 1. The molecule has 3 N–H and O–H groups in total. The van der Waals surface area contributed by atoms with Crippen LogP contribution in [0.5, 0.6) is 0 Å². The van der Waals surface area contributed by atoms with Gasteiger partial charge in [-0.15, -0.1) is 24.0 Å². The van der Waals surface area contributed by atoms with Crippen LogP contribution in [0.15, 0.2) is 27.8 Å². The second kappa shape index (κ2) is 10.1. The molecule has 5 nitrogen and oxygen atoms in total. The highest BCUT2D eigenvalue weighted by Gasteiger charge is 2.20. The SMILES string of the molecule is CC1CC(C)CN(CCCNC(N)=NCc2ccco2)C1.I. The molecule has 0 saturated carbocycles. The Hall–Kier alpha value is -0.760. The summed E-state index contributed by atoms with van der Waals surface area (Å²) in [6, 6.07) is 3.75. The summed E-state index contributed by atoms with van der Waals surface area (Å²) in [7, 11) is 0. The lowest BCUT2D eigenvalue weighted by molar-refractivity contribution is 0.140. The van der Waals surface area contributed by atoms with Gasteiger partial charge in [0.15, 0.2) is 5.96 Å². The molecule has 0 aromatic carbocycles. The van der Waals surface area contributed by atoms with Gasteiger partial charge in [0.05, 0.1) is 6.26 Å². The average Bonchev–Trinajstić information content (AvgIpc) is 2.93. The lowest BCUT2D eigenvalue weighted by Gasteiger charge is -2.34. The van der Waals surface area contributed by atoms with E-state index in [-0.39, 0.29) is 24.0 Å². The monoisotopic (exact) mass is 420 g/mol. The number of aliphatic imine (C=N–C) groups is 1. The molecule has 1 aliphatic heterocycles. The Labute approximate surface area is 150 Å². The van der Waals surface area contributed by atoms with E-state index in [4.69, 9.17) is 10.2 Å². The zero-order valence-electron chi connectivity index (χ0n) is 13.6. The van der Waals surface area contributed by atoms with Gasteiger partial charge in [-0.25, -0.2) is 4.99 Å². The van der Waals surface area contributed by atoms with E-state index in [0.717, 1.165) is 37.1 Å². The molecule has 1 aliphatic rings. The summed E-state index contributed by atoms with van der Waals surface area (Å²) in [5.41, 5.74) is 5.84. The van der Waals surface area contributed by atoms with Gasteiger partial charge in [0, 0.05) is 19.6 Å². The summed E-state index contributed by atoms with van der Waals surface area (Å²) in [5.74, 6) is 2.96. The van der Waals surface area contributed by atoms with Crippen molar-refractivity contribution < 1.29 is 4.42 Å². The van der Waals surface area contributed by atoms with Crippen molar-refractivity contribution in [1.29, 1.82) is 0 Å². The minimum absolute atomic E-state index is 0. The molecule has 0 amide bonds. The van der Waals surface area contributed by atoms with E-state index in [1.165, 1.54) is 19.5 Å². The maximum atomic E-state index is 5.84. The predicted molar refractivity (Wildman–Crippen MR) is 101 cm³/mol. The van der Waals surface area contributed by atoms with Crippen molar-refractivity contribution in [3.05, 3.63) is 24.2 Å². The summed E-state index contributed by atoms with van der Waals surface area (Å²) >= 11 is 0. The summed E-state index contributed by atoms with van der Waals surface area (Å²) in [4.78, 5) is 6.82. The van der Waals surface area contributed by atoms with Gasteiger partial charge < -0.3 is 20.4 Å². The number of rotatable bonds is 6. The highest BCUT2D eigenvalue weighted by molar-refractivity contribution is 14.0. The molecule has 6 heteroatoms. The third-order valence-electron chi connectivity index (χ3n) is 3.89. The number of furan rings is 1. The molecule has 1 aromatic rings. The third kappa shape index (κ3) is 7.00. The van der Waals surface area contributed by atoms with E-state index < -0.39 is 0 Å². The van der Waals surface area contributed by atoms with Gasteiger partial charge in [0.2, 0.25) is 0 Å². The van der Waals surface area contributed by atoms with Crippen molar-refractivity contribution in [3.63, 3.8) is 0 Å². The highest BCUT2D eigenvalue weighted by atomic mass is 127. The van der Waals surface area contributed by atoms with Gasteiger partial charge in [0.25, 0.3) is 0 Å². The molecule has 0 radical (unpaired) electrons. The van der Waals surface area contributed by atoms with Crippen LogP contribution in [0, 0.1) is 11.8 Å². The van der Waals surface area contributed by atoms with E-state index in [1.54, 1.807) is 6.26 Å². The first-order valence-corrected chi connectivity index (χ1v) is 7.92. The molecule has 1 saturated heterocycles. The molecule has 1 aromatic heterocycles. The number of hydrogen-bond donors (Lipinski definition) is 2. The maximum absolute atomic E-state index is 5.84. The summed E-state index contributed by atoms with van der Waals surface area (Å²) in [6.45, 7) is 9.64. The van der Waals surface area contributed by atoms with Crippen LogP contribution in [0.25, 0.3) is 0 Å². The quantitative estimate of drug-likeness (QED) is 0.322. The van der Waals surface area contributed by atoms with Crippen molar-refractivity contribution in [1.82, 2.24) is 10.2 Å². The number of piperidine rings is 1. The van der Waals surface area contributed by atoms with Crippen LogP contribution in [0.4, 0.5) is 0 Å². The van der Waals surface area contributed by atoms with Gasteiger partial charge in [-0.05, 0) is 43.4 Å². The van der Waals surface area contributed by atoms with Crippen molar-refractivity contribution in [2.24, 2.45) is 22.6 Å². The number of nitrogens with zero attached hydrogens (tertiary/aromatic N) is 2. The molecule has 126 valence electrons. The second-order valence-electron chi connectivity index (χ2n) is 6.27. The molecule has 0 aliphatic carbocycles. The van der Waals surface area contributed by atoms with Gasteiger partial charge in [-0.1, -0.05) is 13.8 Å². The van der Waals surface area contributed by atoms with Crippen LogP contribution in [0.3, 0.4) is 0 Å². The molecule has 0 spiro atoms. The fourth-order valence-electron chi connectivity index (χ4n) is 3.12. The maximum Gasteiger partial charge on any atom is 0.189 e.